The van der Waals surface area contributed by atoms with Crippen molar-refractivity contribution in [1.29, 1.82) is 0 Å². The third-order valence-electron chi connectivity index (χ3n) is 5.74. The van der Waals surface area contributed by atoms with Gasteiger partial charge < -0.3 is 9.47 Å². The van der Waals surface area contributed by atoms with Crippen molar-refractivity contribution in [2.24, 2.45) is 0 Å². The molecule has 2 fully saturated rings. The lowest BCUT2D eigenvalue weighted by atomic mass is 10.0. The van der Waals surface area contributed by atoms with Crippen molar-refractivity contribution in [3.05, 3.63) is 0 Å². The van der Waals surface area contributed by atoms with Crippen molar-refractivity contribution in [2.45, 2.75) is 141 Å². The van der Waals surface area contributed by atoms with E-state index < -0.39 is 0 Å². The number of ether oxygens (including phenoxy) is 2. The van der Waals surface area contributed by atoms with Gasteiger partial charge >= 0.3 is 0 Å². The van der Waals surface area contributed by atoms with Crippen LogP contribution in [0.4, 0.5) is 0 Å². The Morgan fingerprint density at radius 2 is 0.792 bits per heavy atom. The van der Waals surface area contributed by atoms with E-state index in [1.165, 1.54) is 116 Å². The summed E-state index contributed by atoms with van der Waals surface area (Å²) in [5, 5.41) is 0. The predicted octanol–water partition coefficient (Wildman–Crippen LogP) is 7.50. The first-order valence-electron chi connectivity index (χ1n) is 11.2. The van der Waals surface area contributed by atoms with Crippen LogP contribution in [0.3, 0.4) is 0 Å². The summed E-state index contributed by atoms with van der Waals surface area (Å²) >= 11 is 0. The van der Waals surface area contributed by atoms with Gasteiger partial charge in [-0.25, -0.2) is 0 Å². The van der Waals surface area contributed by atoms with Gasteiger partial charge in [0.25, 0.3) is 0 Å². The van der Waals surface area contributed by atoms with E-state index in [-0.39, 0.29) is 12.1 Å². The molecule has 0 radical (unpaired) electrons. The largest absolute Gasteiger partial charge is 0.310 e. The van der Waals surface area contributed by atoms with E-state index in [9.17, 15) is 0 Å². The lowest BCUT2D eigenvalue weighted by molar-refractivity contribution is -0.0542. The molecule has 0 amide bonds. The monoisotopic (exact) mass is 338 g/mol. The van der Waals surface area contributed by atoms with Crippen LogP contribution in [0, 0.1) is 0 Å². The average molecular weight is 339 g/mol. The molecule has 0 spiro atoms. The second-order valence-corrected chi connectivity index (χ2v) is 8.14. The number of unbranched alkanes of at least 4 members (excludes halogenated alkanes) is 17. The van der Waals surface area contributed by atoms with Gasteiger partial charge in [0.2, 0.25) is 12.1 Å². The molecule has 142 valence electrons. The van der Waals surface area contributed by atoms with Crippen LogP contribution < -0.4 is 0 Å². The maximum absolute atomic E-state index is 5.30. The molecule has 2 heterocycles. The number of hydrogen-bond donors (Lipinski definition) is 0. The highest BCUT2D eigenvalue weighted by Crippen LogP contribution is 2.59. The highest BCUT2D eigenvalue weighted by Gasteiger charge is 2.76. The minimum Gasteiger partial charge on any atom is -0.310 e. The van der Waals surface area contributed by atoms with Gasteiger partial charge in [-0.3, -0.25) is 0 Å². The van der Waals surface area contributed by atoms with E-state index in [1.54, 1.807) is 0 Å². The molecule has 0 aromatic heterocycles. The fourth-order valence-corrected chi connectivity index (χ4v) is 3.81. The fraction of sp³-hybridized carbons (Fsp3) is 1.00. The SMILES string of the molecule is CCCCCCCCCCCCCCCCCCCCC12OC1O2. The zero-order valence-electron chi connectivity index (χ0n) is 16.3. The van der Waals surface area contributed by atoms with Gasteiger partial charge in [0.1, 0.15) is 0 Å². The van der Waals surface area contributed by atoms with E-state index in [2.05, 4.69) is 6.92 Å². The molecule has 2 rings (SSSR count). The van der Waals surface area contributed by atoms with E-state index in [0.717, 1.165) is 6.42 Å². The van der Waals surface area contributed by atoms with Crippen LogP contribution in [-0.4, -0.2) is 12.1 Å². The van der Waals surface area contributed by atoms with Gasteiger partial charge in [0, 0.05) is 6.42 Å². The first kappa shape index (κ1) is 20.2. The smallest absolute Gasteiger partial charge is 0.225 e. The Bertz CT molecular complexity index is 296. The van der Waals surface area contributed by atoms with Gasteiger partial charge in [-0.1, -0.05) is 116 Å². The molecule has 2 saturated heterocycles. The second-order valence-electron chi connectivity index (χ2n) is 8.14. The lowest BCUT2D eigenvalue weighted by Crippen LogP contribution is -1.97. The summed E-state index contributed by atoms with van der Waals surface area (Å²) in [6.07, 6.45) is 27.2. The topological polar surface area (TPSA) is 25.1 Å². The molecular formula is C22H42O2. The van der Waals surface area contributed by atoms with Crippen LogP contribution in [-0.2, 0) is 9.47 Å². The molecule has 0 bridgehead atoms. The highest BCUT2D eigenvalue weighted by atomic mass is 17.0. The summed E-state index contributed by atoms with van der Waals surface area (Å²) in [6, 6.07) is 0. The molecule has 0 aromatic carbocycles. The van der Waals surface area contributed by atoms with Crippen molar-refractivity contribution >= 4 is 0 Å². The summed E-state index contributed by atoms with van der Waals surface area (Å²) in [5.74, 6) is -0.0466. The van der Waals surface area contributed by atoms with Crippen LogP contribution in [0.2, 0.25) is 0 Å². The van der Waals surface area contributed by atoms with Crippen molar-refractivity contribution < 1.29 is 9.47 Å². The van der Waals surface area contributed by atoms with Crippen LogP contribution in [0.15, 0.2) is 0 Å². The Labute approximate surface area is 151 Å². The highest BCUT2D eigenvalue weighted by molar-refractivity contribution is 5.02. The fourth-order valence-electron chi connectivity index (χ4n) is 3.81. The number of fused-ring (bicyclic) bond motifs is 1. The standard InChI is InChI=1S/C22H42O2/c1-2-3-4-5-6-7-8-9-10-11-12-13-14-15-16-17-18-19-20-22-21(23-22)24-22/h21H,2-20H2,1H3. The molecule has 0 atom stereocenters. The van der Waals surface area contributed by atoms with Gasteiger partial charge in [0.15, 0.2) is 0 Å². The van der Waals surface area contributed by atoms with Crippen molar-refractivity contribution in [2.75, 3.05) is 0 Å². The molecule has 0 aliphatic carbocycles. The molecule has 24 heavy (non-hydrogen) atoms. The molecule has 0 unspecified atom stereocenters. The quantitative estimate of drug-likeness (QED) is 0.180. The maximum Gasteiger partial charge on any atom is 0.225 e. The summed E-state index contributed by atoms with van der Waals surface area (Å²) in [6.45, 7) is 2.29. The third kappa shape index (κ3) is 8.85. The molecule has 2 heteroatoms. The Morgan fingerprint density at radius 3 is 1.08 bits per heavy atom. The minimum atomic E-state index is -0.0466. The molecule has 2 aliphatic rings. The number of rotatable bonds is 19. The Morgan fingerprint density at radius 1 is 0.500 bits per heavy atom. The van der Waals surface area contributed by atoms with Crippen LogP contribution >= 0.6 is 0 Å². The van der Waals surface area contributed by atoms with Gasteiger partial charge in [-0.05, 0) is 6.42 Å². The number of hydrogen-bond acceptors (Lipinski definition) is 2. The predicted molar refractivity (Wildman–Crippen MR) is 102 cm³/mol. The molecular weight excluding hydrogens is 296 g/mol. The Hall–Kier alpha value is -0.0800. The minimum absolute atomic E-state index is 0.0466. The van der Waals surface area contributed by atoms with Crippen molar-refractivity contribution in [1.82, 2.24) is 0 Å². The van der Waals surface area contributed by atoms with Crippen molar-refractivity contribution in [3.8, 4) is 0 Å². The average Bonchev–Trinajstić information content (AvgIpc) is 3.44. The lowest BCUT2D eigenvalue weighted by Gasteiger charge is -2.04. The van der Waals surface area contributed by atoms with Gasteiger partial charge in [-0.2, -0.15) is 0 Å². The van der Waals surface area contributed by atoms with E-state index in [4.69, 9.17) is 9.47 Å². The van der Waals surface area contributed by atoms with Gasteiger partial charge in [0.05, 0.1) is 0 Å². The summed E-state index contributed by atoms with van der Waals surface area (Å²) in [4.78, 5) is 0. The first-order valence-corrected chi connectivity index (χ1v) is 11.2. The normalized spacial score (nSPS) is 24.1. The van der Waals surface area contributed by atoms with Crippen molar-refractivity contribution in [3.63, 3.8) is 0 Å². The second kappa shape index (κ2) is 12.3. The zero-order valence-corrected chi connectivity index (χ0v) is 16.3. The summed E-state index contributed by atoms with van der Waals surface area (Å²) < 4.78 is 10.6. The van der Waals surface area contributed by atoms with E-state index >= 15 is 0 Å². The first-order chi connectivity index (χ1) is 11.9. The number of epoxide rings is 2. The summed E-state index contributed by atoms with van der Waals surface area (Å²) in [5.41, 5.74) is 0. The molecule has 2 nitrogen and oxygen atoms in total. The molecule has 0 N–H and O–H groups in total. The van der Waals surface area contributed by atoms with E-state index in [0.29, 0.717) is 0 Å². The van der Waals surface area contributed by atoms with E-state index in [1.807, 2.05) is 0 Å². The summed E-state index contributed by atoms with van der Waals surface area (Å²) in [7, 11) is 0. The molecule has 2 aliphatic heterocycles. The van der Waals surface area contributed by atoms with Crippen LogP contribution in [0.5, 0.6) is 0 Å². The maximum atomic E-state index is 5.30. The Kier molecular flexibility index (Phi) is 10.4. The van der Waals surface area contributed by atoms with Crippen LogP contribution in [0.25, 0.3) is 0 Å². The third-order valence-corrected chi connectivity index (χ3v) is 5.74. The van der Waals surface area contributed by atoms with Crippen LogP contribution in [0.1, 0.15) is 129 Å². The molecule has 0 aromatic rings. The van der Waals surface area contributed by atoms with Gasteiger partial charge in [-0.15, -0.1) is 0 Å². The Balaban J connectivity index is 1.16. The zero-order chi connectivity index (χ0) is 16.9. The molecule has 0 saturated carbocycles.